The number of aromatic hydroxyl groups is 1. The van der Waals surface area contributed by atoms with E-state index < -0.39 is 41.9 Å². The van der Waals surface area contributed by atoms with Crippen molar-refractivity contribution >= 4 is 11.7 Å². The molecule has 2 aromatic rings. The Morgan fingerprint density at radius 3 is 2.42 bits per heavy atom. The Bertz CT molecular complexity index is 1190. The van der Waals surface area contributed by atoms with Gasteiger partial charge in [-0.3, -0.25) is 14.5 Å². The number of halogens is 3. The van der Waals surface area contributed by atoms with Crippen LogP contribution in [0.15, 0.2) is 42.5 Å². The van der Waals surface area contributed by atoms with Crippen molar-refractivity contribution in [2.24, 2.45) is 11.8 Å². The molecule has 4 rings (SSSR count). The maximum absolute atomic E-state index is 15.1. The number of rotatable bonds is 10. The molecular formula is C31H40F3N3O3. The standard InChI is InChI=1S/C31H40F3N3O3/c1-20-23(12-9-13-25(20)32)26-24(29(39)21-10-8-11-22(38)18-21)19-37(17-5-4-14-35(2)3)28(30(33)34)27(26)31(40)36-15-6-7-16-36/h8-13,18,24,26-28,30,38H,4-7,14-17,19H2,1-3H3/t24-,26+,27-,28-/m0/s1. The molecule has 4 atom stereocenters. The first kappa shape index (κ1) is 30.1. The number of likely N-dealkylation sites (tertiary alicyclic amines) is 2. The number of hydrogen-bond donors (Lipinski definition) is 1. The number of amides is 1. The summed E-state index contributed by atoms with van der Waals surface area (Å²) in [5.74, 6) is -4.41. The van der Waals surface area contributed by atoms with Gasteiger partial charge < -0.3 is 14.9 Å². The quantitative estimate of drug-likeness (QED) is 0.330. The van der Waals surface area contributed by atoms with Gasteiger partial charge in [0, 0.05) is 37.0 Å². The second kappa shape index (κ2) is 13.2. The fraction of sp³-hybridized carbons (Fsp3) is 0.548. The summed E-state index contributed by atoms with van der Waals surface area (Å²) in [6, 6.07) is 9.00. The van der Waals surface area contributed by atoms with Crippen molar-refractivity contribution in [3.05, 3.63) is 65.0 Å². The highest BCUT2D eigenvalue weighted by Gasteiger charge is 2.54. The van der Waals surface area contributed by atoms with Crippen molar-refractivity contribution < 1.29 is 27.9 Å². The predicted molar refractivity (Wildman–Crippen MR) is 148 cm³/mol. The number of alkyl halides is 2. The molecule has 0 aliphatic carbocycles. The number of phenols is 1. The van der Waals surface area contributed by atoms with Crippen LogP contribution in [-0.4, -0.2) is 90.8 Å². The molecule has 2 heterocycles. The SMILES string of the molecule is Cc1c(F)cccc1[C@H]1[C@H](C(=O)N2CCCC2)[C@@H](C(F)F)N(CCCCN(C)C)C[C@@H]1C(=O)c1cccc(O)c1. The minimum atomic E-state index is -2.83. The molecule has 0 unspecified atom stereocenters. The zero-order valence-corrected chi connectivity index (χ0v) is 23.5. The molecule has 40 heavy (non-hydrogen) atoms. The number of benzene rings is 2. The third-order valence-electron chi connectivity index (χ3n) is 8.44. The number of hydrogen-bond acceptors (Lipinski definition) is 5. The second-order valence-electron chi connectivity index (χ2n) is 11.4. The number of unbranched alkanes of at least 4 members (excludes halogenated alkanes) is 1. The summed E-state index contributed by atoms with van der Waals surface area (Å²) in [5, 5.41) is 10.1. The first-order chi connectivity index (χ1) is 19.1. The molecule has 1 N–H and O–H groups in total. The normalized spacial score (nSPS) is 23.8. The fourth-order valence-corrected chi connectivity index (χ4v) is 6.44. The number of carbonyl (C=O) groups excluding carboxylic acids is 2. The van der Waals surface area contributed by atoms with Crippen LogP contribution in [0.25, 0.3) is 0 Å². The summed E-state index contributed by atoms with van der Waals surface area (Å²) in [6.45, 7) is 3.65. The van der Waals surface area contributed by atoms with E-state index in [1.807, 2.05) is 19.0 Å². The van der Waals surface area contributed by atoms with E-state index in [-0.39, 0.29) is 29.2 Å². The lowest BCUT2D eigenvalue weighted by Crippen LogP contribution is -2.61. The van der Waals surface area contributed by atoms with E-state index in [1.54, 1.807) is 34.9 Å². The average Bonchev–Trinajstić information content (AvgIpc) is 3.46. The van der Waals surface area contributed by atoms with Gasteiger partial charge in [0.15, 0.2) is 5.78 Å². The van der Waals surface area contributed by atoms with E-state index in [0.717, 1.165) is 25.8 Å². The van der Waals surface area contributed by atoms with Gasteiger partial charge in [0.1, 0.15) is 11.6 Å². The summed E-state index contributed by atoms with van der Waals surface area (Å²) in [6.07, 6.45) is 0.159. The lowest BCUT2D eigenvalue weighted by atomic mass is 9.66. The molecule has 0 bridgehead atoms. The van der Waals surface area contributed by atoms with Crippen molar-refractivity contribution in [2.75, 3.05) is 46.8 Å². The van der Waals surface area contributed by atoms with Crippen LogP contribution in [0.5, 0.6) is 5.75 Å². The Balaban J connectivity index is 1.84. The molecular weight excluding hydrogens is 519 g/mol. The highest BCUT2D eigenvalue weighted by molar-refractivity contribution is 5.99. The van der Waals surface area contributed by atoms with Gasteiger partial charge in [0.25, 0.3) is 6.43 Å². The number of nitrogens with zero attached hydrogens (tertiary/aromatic N) is 3. The summed E-state index contributed by atoms with van der Waals surface area (Å²) >= 11 is 0. The first-order valence-corrected chi connectivity index (χ1v) is 14.1. The van der Waals surface area contributed by atoms with Crippen molar-refractivity contribution in [3.63, 3.8) is 0 Å². The monoisotopic (exact) mass is 559 g/mol. The molecule has 218 valence electrons. The van der Waals surface area contributed by atoms with Gasteiger partial charge in [-0.15, -0.1) is 0 Å². The zero-order valence-electron chi connectivity index (χ0n) is 23.5. The number of Topliss-reactive ketones (excluding diaryl/α,β-unsaturated/α-hetero) is 1. The van der Waals surface area contributed by atoms with Gasteiger partial charge in [0.05, 0.1) is 12.0 Å². The van der Waals surface area contributed by atoms with Crippen LogP contribution in [0, 0.1) is 24.6 Å². The van der Waals surface area contributed by atoms with Gasteiger partial charge in [-0.25, -0.2) is 13.2 Å². The fourth-order valence-electron chi connectivity index (χ4n) is 6.44. The van der Waals surface area contributed by atoms with E-state index in [0.29, 0.717) is 31.6 Å². The van der Waals surface area contributed by atoms with E-state index in [9.17, 15) is 19.1 Å². The van der Waals surface area contributed by atoms with Gasteiger partial charge in [-0.2, -0.15) is 0 Å². The lowest BCUT2D eigenvalue weighted by molar-refractivity contribution is -0.146. The van der Waals surface area contributed by atoms with Crippen molar-refractivity contribution in [1.29, 1.82) is 0 Å². The lowest BCUT2D eigenvalue weighted by Gasteiger charge is -2.49. The highest BCUT2D eigenvalue weighted by atomic mass is 19.3. The summed E-state index contributed by atoms with van der Waals surface area (Å²) < 4.78 is 45.0. The van der Waals surface area contributed by atoms with E-state index in [4.69, 9.17) is 0 Å². The van der Waals surface area contributed by atoms with Crippen LogP contribution in [0.2, 0.25) is 0 Å². The molecule has 0 saturated carbocycles. The second-order valence-corrected chi connectivity index (χ2v) is 11.4. The number of piperidine rings is 1. The molecule has 2 aliphatic heterocycles. The third kappa shape index (κ3) is 6.52. The largest absolute Gasteiger partial charge is 0.508 e. The molecule has 0 aromatic heterocycles. The van der Waals surface area contributed by atoms with Crippen LogP contribution in [0.3, 0.4) is 0 Å². The molecule has 0 radical (unpaired) electrons. The Labute approximate surface area is 234 Å². The van der Waals surface area contributed by atoms with Crippen LogP contribution in [-0.2, 0) is 4.79 Å². The zero-order chi connectivity index (χ0) is 29.0. The summed E-state index contributed by atoms with van der Waals surface area (Å²) in [7, 11) is 3.90. The van der Waals surface area contributed by atoms with Crippen LogP contribution in [0.1, 0.15) is 53.1 Å². The van der Waals surface area contributed by atoms with E-state index in [2.05, 4.69) is 0 Å². The Kier molecular flexibility index (Phi) is 9.90. The maximum atomic E-state index is 15.1. The smallest absolute Gasteiger partial charge is 0.254 e. The van der Waals surface area contributed by atoms with Gasteiger partial charge >= 0.3 is 0 Å². The van der Waals surface area contributed by atoms with E-state index >= 15 is 8.78 Å². The van der Waals surface area contributed by atoms with Gasteiger partial charge in [-0.1, -0.05) is 24.3 Å². The summed E-state index contributed by atoms with van der Waals surface area (Å²) in [4.78, 5) is 33.5. The molecule has 0 spiro atoms. The van der Waals surface area contributed by atoms with Crippen molar-refractivity contribution in [3.8, 4) is 5.75 Å². The molecule has 9 heteroatoms. The third-order valence-corrected chi connectivity index (χ3v) is 8.44. The molecule has 6 nitrogen and oxygen atoms in total. The van der Waals surface area contributed by atoms with Gasteiger partial charge in [0.2, 0.25) is 5.91 Å². The minimum absolute atomic E-state index is 0.00978. The van der Waals surface area contributed by atoms with Crippen LogP contribution < -0.4 is 0 Å². The van der Waals surface area contributed by atoms with E-state index in [1.165, 1.54) is 24.3 Å². The predicted octanol–water partition coefficient (Wildman–Crippen LogP) is 4.95. The molecule has 2 saturated heterocycles. The average molecular weight is 560 g/mol. The van der Waals surface area contributed by atoms with Crippen LogP contribution in [0.4, 0.5) is 13.2 Å². The van der Waals surface area contributed by atoms with Crippen molar-refractivity contribution in [1.82, 2.24) is 14.7 Å². The first-order valence-electron chi connectivity index (χ1n) is 14.1. The summed E-state index contributed by atoms with van der Waals surface area (Å²) in [5.41, 5.74) is 0.904. The molecule has 1 amide bonds. The molecule has 2 aliphatic rings. The molecule has 2 aromatic carbocycles. The highest BCUT2D eigenvalue weighted by Crippen LogP contribution is 2.46. The Morgan fingerprint density at radius 2 is 1.77 bits per heavy atom. The Morgan fingerprint density at radius 1 is 1.07 bits per heavy atom. The van der Waals surface area contributed by atoms with Crippen molar-refractivity contribution in [2.45, 2.75) is 51.0 Å². The maximum Gasteiger partial charge on any atom is 0.254 e. The van der Waals surface area contributed by atoms with Crippen LogP contribution >= 0.6 is 0 Å². The number of carbonyl (C=O) groups is 2. The number of ketones is 1. The van der Waals surface area contributed by atoms with Gasteiger partial charge in [-0.05, 0) is 89.1 Å². The topological polar surface area (TPSA) is 64.1 Å². The Hall–Kier alpha value is -2.91. The number of phenolic OH excluding ortho intramolecular Hbond substituents is 1. The molecule has 2 fully saturated rings. The minimum Gasteiger partial charge on any atom is -0.508 e.